The van der Waals surface area contributed by atoms with Crippen LogP contribution in [-0.2, 0) is 38.4 Å². The van der Waals surface area contributed by atoms with Crippen molar-refractivity contribution in [3.63, 3.8) is 0 Å². The van der Waals surface area contributed by atoms with Crippen molar-refractivity contribution in [3.05, 3.63) is 0 Å². The summed E-state index contributed by atoms with van der Waals surface area (Å²) in [6.45, 7) is -0.882. The number of nitrogens with one attached hydrogen (secondary N) is 6. The number of carbonyl (C=O) groups excluding carboxylic acids is 6. The zero-order valence-corrected chi connectivity index (χ0v) is 25.9. The van der Waals surface area contributed by atoms with Gasteiger partial charge in [-0.2, -0.15) is 12.6 Å². The second kappa shape index (κ2) is 21.9. The zero-order chi connectivity index (χ0) is 35.4. The molecule has 0 rings (SSSR count). The van der Waals surface area contributed by atoms with Gasteiger partial charge in [-0.3, -0.25) is 43.3 Å². The van der Waals surface area contributed by atoms with E-state index in [9.17, 15) is 43.5 Å². The van der Waals surface area contributed by atoms with Gasteiger partial charge in [-0.25, -0.2) is 0 Å². The van der Waals surface area contributed by atoms with E-state index in [0.29, 0.717) is 0 Å². The number of rotatable bonds is 22. The highest BCUT2D eigenvalue weighted by Crippen LogP contribution is 2.03. The highest BCUT2D eigenvalue weighted by atomic mass is 32.1. The van der Waals surface area contributed by atoms with Crippen LogP contribution in [0.25, 0.3) is 0 Å². The third kappa shape index (κ3) is 17.0. The summed E-state index contributed by atoms with van der Waals surface area (Å²) in [5, 5.41) is 41.0. The van der Waals surface area contributed by atoms with Gasteiger partial charge in [0.2, 0.25) is 35.4 Å². The first-order chi connectivity index (χ1) is 21.6. The number of aliphatic hydroxyl groups excluding tert-OH is 1. The molecular formula is C24H42N10O11S. The largest absolute Gasteiger partial charge is 0.481 e. The molecule has 15 N–H and O–H groups in total. The molecule has 0 aromatic heterocycles. The zero-order valence-electron chi connectivity index (χ0n) is 25.0. The minimum absolute atomic E-state index is 0.0410. The van der Waals surface area contributed by atoms with Gasteiger partial charge in [0.05, 0.1) is 13.2 Å². The van der Waals surface area contributed by atoms with Crippen molar-refractivity contribution < 1.29 is 53.7 Å². The van der Waals surface area contributed by atoms with Crippen molar-refractivity contribution in [2.45, 2.75) is 62.8 Å². The molecule has 46 heavy (non-hydrogen) atoms. The Bertz CT molecular complexity index is 1140. The normalized spacial score (nSPS) is 13.7. The summed E-state index contributed by atoms with van der Waals surface area (Å²) in [6, 6.07) is -6.98. The van der Waals surface area contributed by atoms with Crippen molar-refractivity contribution in [1.82, 2.24) is 31.9 Å². The third-order valence-corrected chi connectivity index (χ3v) is 6.22. The molecule has 260 valence electrons. The van der Waals surface area contributed by atoms with E-state index in [2.05, 4.69) is 44.2 Å². The van der Waals surface area contributed by atoms with E-state index < -0.39 is 110 Å². The summed E-state index contributed by atoms with van der Waals surface area (Å²) < 4.78 is 0. The average molecular weight is 679 g/mol. The van der Waals surface area contributed by atoms with Gasteiger partial charge in [0, 0.05) is 18.7 Å². The number of hydrogen-bond acceptors (Lipinski definition) is 12. The molecule has 0 heterocycles. The lowest BCUT2D eigenvalue weighted by atomic mass is 10.1. The molecule has 0 unspecified atom stereocenters. The molecule has 0 spiro atoms. The predicted molar refractivity (Wildman–Crippen MR) is 163 cm³/mol. The molecule has 22 heteroatoms. The molecule has 0 saturated heterocycles. The number of amides is 6. The average Bonchev–Trinajstić information content (AvgIpc) is 2.99. The van der Waals surface area contributed by atoms with Crippen LogP contribution in [0, 0.1) is 0 Å². The fourth-order valence-electron chi connectivity index (χ4n) is 3.46. The summed E-state index contributed by atoms with van der Waals surface area (Å²) >= 11 is 3.99. The molecule has 0 aliphatic carbocycles. The number of aliphatic hydroxyl groups is 1. The smallest absolute Gasteiger partial charge is 0.322 e. The number of aliphatic carboxylic acids is 2. The monoisotopic (exact) mass is 678 g/mol. The first-order valence-corrected chi connectivity index (χ1v) is 14.4. The van der Waals surface area contributed by atoms with Crippen molar-refractivity contribution in [2.75, 3.05) is 32.0 Å². The number of aliphatic imine (C=N–C) groups is 1. The molecule has 6 amide bonds. The van der Waals surface area contributed by atoms with E-state index in [-0.39, 0.29) is 31.1 Å². The quantitative estimate of drug-likeness (QED) is 0.0219. The van der Waals surface area contributed by atoms with E-state index in [1.807, 2.05) is 5.32 Å². The van der Waals surface area contributed by atoms with Crippen LogP contribution in [0.5, 0.6) is 0 Å². The molecule has 0 aliphatic rings. The predicted octanol–water partition coefficient (Wildman–Crippen LogP) is -6.57. The number of thiol groups is 1. The molecule has 0 aliphatic heterocycles. The molecule has 5 atom stereocenters. The van der Waals surface area contributed by atoms with E-state index in [1.165, 1.54) is 6.92 Å². The van der Waals surface area contributed by atoms with Crippen LogP contribution >= 0.6 is 12.6 Å². The van der Waals surface area contributed by atoms with Gasteiger partial charge >= 0.3 is 11.9 Å². The number of guanidine groups is 1. The van der Waals surface area contributed by atoms with Crippen LogP contribution in [0.15, 0.2) is 4.99 Å². The van der Waals surface area contributed by atoms with Gasteiger partial charge < -0.3 is 64.4 Å². The Morgan fingerprint density at radius 1 is 0.739 bits per heavy atom. The highest BCUT2D eigenvalue weighted by Gasteiger charge is 2.31. The molecule has 0 aromatic carbocycles. The Kier molecular flexibility index (Phi) is 19.7. The van der Waals surface area contributed by atoms with Crippen molar-refractivity contribution in [2.24, 2.45) is 22.2 Å². The fraction of sp³-hybridized carbons (Fsp3) is 0.625. The Morgan fingerprint density at radius 3 is 1.80 bits per heavy atom. The summed E-state index contributed by atoms with van der Waals surface area (Å²) in [5.74, 6) is -8.46. The molecule has 0 fully saturated rings. The maximum absolute atomic E-state index is 13.2. The van der Waals surface area contributed by atoms with Gasteiger partial charge in [-0.15, -0.1) is 0 Å². The van der Waals surface area contributed by atoms with E-state index in [0.717, 1.165) is 0 Å². The minimum Gasteiger partial charge on any atom is -0.481 e. The molecule has 21 nitrogen and oxygen atoms in total. The molecule has 0 bridgehead atoms. The third-order valence-electron chi connectivity index (χ3n) is 5.86. The SMILES string of the molecule is C[C@H](NC(=O)[C@H](CS)NC(=O)CN)C(=O)N[C@@H](CCCN=C(N)N)C(=O)N[C@@H](CO)C(=O)N[C@@H](CCC(=O)O)C(=O)NCC(=O)O. The lowest BCUT2D eigenvalue weighted by molar-refractivity contribution is -0.140. The number of nitrogens with two attached hydrogens (primary N) is 3. The molecule has 0 saturated carbocycles. The van der Waals surface area contributed by atoms with Crippen LogP contribution in [-0.4, -0.2) is 131 Å². The standard InChI is InChI=1S/C24H42N10O11S/c1-11(30-23(45)15(10-46)31-16(36)7-25)19(41)32-12(3-2-6-28-24(26)27)21(43)34-14(9-35)22(44)33-13(4-5-17(37)38)20(42)29-8-18(39)40/h11-15,35,46H,2-10,25H2,1H3,(H,29,42)(H,30,45)(H,31,36)(H,32,41)(H,33,44)(H,34,43)(H,37,38)(H,39,40)(H4,26,27,28)/t11-,12-,13-,14-,15-/m0/s1. The van der Waals surface area contributed by atoms with Crippen molar-refractivity contribution >= 4 is 66.0 Å². The number of hydrogen-bond donors (Lipinski definition) is 13. The van der Waals surface area contributed by atoms with Gasteiger partial charge in [0.15, 0.2) is 5.96 Å². The lowest BCUT2D eigenvalue weighted by Crippen LogP contribution is -2.59. The topological polar surface area (TPSA) is 360 Å². The summed E-state index contributed by atoms with van der Waals surface area (Å²) in [5.41, 5.74) is 15.8. The maximum Gasteiger partial charge on any atom is 0.322 e. The summed E-state index contributed by atoms with van der Waals surface area (Å²) in [7, 11) is 0. The Labute approximate surface area is 268 Å². The van der Waals surface area contributed by atoms with Gasteiger partial charge in [0.1, 0.15) is 36.8 Å². The lowest BCUT2D eigenvalue weighted by Gasteiger charge is -2.25. The second-order valence-corrected chi connectivity index (χ2v) is 9.96. The highest BCUT2D eigenvalue weighted by molar-refractivity contribution is 7.80. The van der Waals surface area contributed by atoms with Gasteiger partial charge in [-0.1, -0.05) is 0 Å². The number of carboxylic acid groups (broad SMARTS) is 2. The van der Waals surface area contributed by atoms with Gasteiger partial charge in [-0.05, 0) is 26.2 Å². The van der Waals surface area contributed by atoms with Crippen LogP contribution in [0.4, 0.5) is 0 Å². The number of carbonyl (C=O) groups is 8. The van der Waals surface area contributed by atoms with Crippen molar-refractivity contribution in [1.29, 1.82) is 0 Å². The summed E-state index contributed by atoms with van der Waals surface area (Å²) in [4.78, 5) is 101. The van der Waals surface area contributed by atoms with Crippen LogP contribution in [0.1, 0.15) is 32.6 Å². The summed E-state index contributed by atoms with van der Waals surface area (Å²) in [6.07, 6.45) is -0.996. The van der Waals surface area contributed by atoms with E-state index >= 15 is 0 Å². The second-order valence-electron chi connectivity index (χ2n) is 9.60. The molecule has 0 aromatic rings. The molecule has 0 radical (unpaired) electrons. The van der Waals surface area contributed by atoms with E-state index in [1.54, 1.807) is 0 Å². The van der Waals surface area contributed by atoms with Crippen LogP contribution < -0.4 is 49.1 Å². The van der Waals surface area contributed by atoms with Crippen LogP contribution in [0.2, 0.25) is 0 Å². The molecular weight excluding hydrogens is 636 g/mol. The Morgan fingerprint density at radius 2 is 1.28 bits per heavy atom. The van der Waals surface area contributed by atoms with E-state index in [4.69, 9.17) is 27.4 Å². The number of carboxylic acids is 2. The van der Waals surface area contributed by atoms with Crippen LogP contribution in [0.3, 0.4) is 0 Å². The first kappa shape index (κ1) is 41.3. The van der Waals surface area contributed by atoms with Gasteiger partial charge in [0.25, 0.3) is 0 Å². The Balaban J connectivity index is 5.74. The minimum atomic E-state index is -1.70. The van der Waals surface area contributed by atoms with Crippen molar-refractivity contribution in [3.8, 4) is 0 Å². The first-order valence-electron chi connectivity index (χ1n) is 13.7. The maximum atomic E-state index is 13.2. The number of nitrogens with zero attached hydrogens (tertiary/aromatic N) is 1. The fourth-order valence-corrected chi connectivity index (χ4v) is 3.71. The Hall–Kier alpha value is -4.70.